The Morgan fingerprint density at radius 1 is 1.30 bits per heavy atom. The van der Waals surface area contributed by atoms with Crippen LogP contribution < -0.4 is 4.74 Å². The summed E-state index contributed by atoms with van der Waals surface area (Å²) < 4.78 is 5.70. The molecule has 1 aromatic heterocycles. The van der Waals surface area contributed by atoms with E-state index >= 15 is 0 Å². The van der Waals surface area contributed by atoms with Gasteiger partial charge in [0, 0.05) is 29.1 Å². The van der Waals surface area contributed by atoms with Gasteiger partial charge >= 0.3 is 0 Å². The first-order valence-corrected chi connectivity index (χ1v) is 7.42. The maximum atomic E-state index is 12.3. The maximum absolute atomic E-state index is 12.3. The Bertz CT molecular complexity index is 584. The van der Waals surface area contributed by atoms with E-state index in [1.807, 2.05) is 38.2 Å². The number of ether oxygens (including phenoxy) is 1. The van der Waals surface area contributed by atoms with Gasteiger partial charge in [0.05, 0.1) is 6.10 Å². The molecule has 0 atom stereocenters. The molecule has 0 amide bonds. The van der Waals surface area contributed by atoms with Crippen LogP contribution in [0, 0.1) is 0 Å². The molecule has 1 N–H and O–H groups in total. The van der Waals surface area contributed by atoms with Gasteiger partial charge in [-0.05, 0) is 38.5 Å². The van der Waals surface area contributed by atoms with E-state index in [9.17, 15) is 4.79 Å². The first-order valence-electron chi connectivity index (χ1n) is 7.42. The van der Waals surface area contributed by atoms with Crippen molar-refractivity contribution in [2.45, 2.75) is 52.6 Å². The summed E-state index contributed by atoms with van der Waals surface area (Å²) in [4.78, 5) is 15.4. The number of carbonyl (C=O) groups excluding carboxylic acids is 1. The highest BCUT2D eigenvalue weighted by molar-refractivity contribution is 6.08. The van der Waals surface area contributed by atoms with E-state index in [1.165, 1.54) is 0 Å². The minimum atomic E-state index is 0.134. The number of H-pyrrole nitrogens is 1. The molecule has 0 saturated heterocycles. The van der Waals surface area contributed by atoms with Crippen LogP contribution in [-0.4, -0.2) is 16.9 Å². The SMILES string of the molecule is CCCCCC(=O)c1c[nH]c2ccc(OC(C)C)cc12. The van der Waals surface area contributed by atoms with Gasteiger partial charge in [-0.25, -0.2) is 0 Å². The Kier molecular flexibility index (Phi) is 4.83. The standard InChI is InChI=1S/C17H23NO2/c1-4-5-6-7-17(19)15-11-18-16-9-8-13(10-14(15)16)20-12(2)3/h8-12,18H,4-7H2,1-3H3. The molecule has 0 saturated carbocycles. The van der Waals surface area contributed by atoms with Crippen LogP contribution in [0.5, 0.6) is 5.75 Å². The van der Waals surface area contributed by atoms with Crippen molar-refractivity contribution in [2.75, 3.05) is 0 Å². The van der Waals surface area contributed by atoms with Crippen molar-refractivity contribution in [1.29, 1.82) is 0 Å². The number of carbonyl (C=O) groups is 1. The van der Waals surface area contributed by atoms with Crippen LogP contribution in [0.3, 0.4) is 0 Å². The number of Topliss-reactive ketones (excluding diaryl/α,β-unsaturated/α-hetero) is 1. The first-order chi connectivity index (χ1) is 9.61. The van der Waals surface area contributed by atoms with Crippen molar-refractivity contribution in [1.82, 2.24) is 4.98 Å². The normalized spacial score (nSPS) is 11.2. The molecular formula is C17H23NO2. The molecular weight excluding hydrogens is 250 g/mol. The first kappa shape index (κ1) is 14.6. The topological polar surface area (TPSA) is 42.1 Å². The fourth-order valence-electron chi connectivity index (χ4n) is 2.35. The molecule has 0 unspecified atom stereocenters. The summed E-state index contributed by atoms with van der Waals surface area (Å²) in [6.45, 7) is 6.14. The number of aromatic nitrogens is 1. The predicted molar refractivity (Wildman–Crippen MR) is 82.5 cm³/mol. The summed E-state index contributed by atoms with van der Waals surface area (Å²) in [6, 6.07) is 5.86. The van der Waals surface area contributed by atoms with E-state index in [2.05, 4.69) is 11.9 Å². The quantitative estimate of drug-likeness (QED) is 0.586. The van der Waals surface area contributed by atoms with E-state index in [0.717, 1.165) is 41.5 Å². The van der Waals surface area contributed by atoms with Crippen molar-refractivity contribution >= 4 is 16.7 Å². The molecule has 2 rings (SSSR count). The van der Waals surface area contributed by atoms with Crippen LogP contribution in [0.1, 0.15) is 56.8 Å². The number of rotatable bonds is 7. The Morgan fingerprint density at radius 3 is 2.80 bits per heavy atom. The van der Waals surface area contributed by atoms with Crippen molar-refractivity contribution in [3.63, 3.8) is 0 Å². The van der Waals surface area contributed by atoms with Gasteiger partial charge in [-0.3, -0.25) is 4.79 Å². The molecule has 0 spiro atoms. The molecule has 108 valence electrons. The number of unbranched alkanes of at least 4 members (excludes halogenated alkanes) is 2. The van der Waals surface area contributed by atoms with E-state index in [-0.39, 0.29) is 11.9 Å². The van der Waals surface area contributed by atoms with Gasteiger partial charge in [0.25, 0.3) is 0 Å². The molecule has 0 aliphatic rings. The average molecular weight is 273 g/mol. The molecule has 0 radical (unpaired) electrons. The van der Waals surface area contributed by atoms with Crippen LogP contribution in [-0.2, 0) is 0 Å². The minimum Gasteiger partial charge on any atom is -0.491 e. The Balaban J connectivity index is 2.22. The van der Waals surface area contributed by atoms with Gasteiger partial charge in [0.15, 0.2) is 5.78 Å². The monoisotopic (exact) mass is 273 g/mol. The lowest BCUT2D eigenvalue weighted by Crippen LogP contribution is -2.05. The lowest BCUT2D eigenvalue weighted by atomic mass is 10.0. The molecule has 1 aromatic carbocycles. The highest BCUT2D eigenvalue weighted by Gasteiger charge is 2.12. The van der Waals surface area contributed by atoms with Gasteiger partial charge in [-0.2, -0.15) is 0 Å². The van der Waals surface area contributed by atoms with Crippen LogP contribution in [0.2, 0.25) is 0 Å². The van der Waals surface area contributed by atoms with Crippen LogP contribution in [0.25, 0.3) is 10.9 Å². The van der Waals surface area contributed by atoms with E-state index < -0.39 is 0 Å². The second-order valence-electron chi connectivity index (χ2n) is 5.46. The second kappa shape index (κ2) is 6.60. The predicted octanol–water partition coefficient (Wildman–Crippen LogP) is 4.72. The summed E-state index contributed by atoms with van der Waals surface area (Å²) in [7, 11) is 0. The average Bonchev–Trinajstić information content (AvgIpc) is 2.81. The molecule has 0 aliphatic heterocycles. The van der Waals surface area contributed by atoms with Gasteiger partial charge in [-0.1, -0.05) is 19.8 Å². The number of benzene rings is 1. The number of nitrogens with one attached hydrogen (secondary N) is 1. The third kappa shape index (κ3) is 3.41. The zero-order valence-electron chi connectivity index (χ0n) is 12.5. The molecule has 0 aliphatic carbocycles. The molecule has 3 nitrogen and oxygen atoms in total. The molecule has 0 bridgehead atoms. The Labute approximate surface area is 120 Å². The number of hydrogen-bond donors (Lipinski definition) is 1. The van der Waals surface area contributed by atoms with Crippen LogP contribution in [0.4, 0.5) is 0 Å². The minimum absolute atomic E-state index is 0.134. The highest BCUT2D eigenvalue weighted by Crippen LogP contribution is 2.25. The van der Waals surface area contributed by atoms with Crippen molar-refractivity contribution in [3.8, 4) is 5.75 Å². The van der Waals surface area contributed by atoms with Gasteiger partial charge in [-0.15, -0.1) is 0 Å². The highest BCUT2D eigenvalue weighted by atomic mass is 16.5. The number of ketones is 1. The van der Waals surface area contributed by atoms with Crippen molar-refractivity contribution < 1.29 is 9.53 Å². The smallest absolute Gasteiger partial charge is 0.165 e. The number of fused-ring (bicyclic) bond motifs is 1. The maximum Gasteiger partial charge on any atom is 0.165 e. The summed E-state index contributed by atoms with van der Waals surface area (Å²) in [5.41, 5.74) is 1.77. The van der Waals surface area contributed by atoms with Gasteiger partial charge in [0.2, 0.25) is 0 Å². The van der Waals surface area contributed by atoms with Gasteiger partial charge in [0.1, 0.15) is 5.75 Å². The summed E-state index contributed by atoms with van der Waals surface area (Å²) >= 11 is 0. The lowest BCUT2D eigenvalue weighted by Gasteiger charge is -2.09. The third-order valence-electron chi connectivity index (χ3n) is 3.33. The van der Waals surface area contributed by atoms with Crippen molar-refractivity contribution in [2.24, 2.45) is 0 Å². The van der Waals surface area contributed by atoms with Crippen LogP contribution >= 0.6 is 0 Å². The lowest BCUT2D eigenvalue weighted by molar-refractivity contribution is 0.0981. The Morgan fingerprint density at radius 2 is 2.10 bits per heavy atom. The third-order valence-corrected chi connectivity index (χ3v) is 3.33. The fraction of sp³-hybridized carbons (Fsp3) is 0.471. The molecule has 20 heavy (non-hydrogen) atoms. The van der Waals surface area contributed by atoms with E-state index in [1.54, 1.807) is 0 Å². The fourth-order valence-corrected chi connectivity index (χ4v) is 2.35. The summed E-state index contributed by atoms with van der Waals surface area (Å²) in [5.74, 6) is 1.03. The molecule has 0 fully saturated rings. The summed E-state index contributed by atoms with van der Waals surface area (Å²) in [5, 5.41) is 0.963. The van der Waals surface area contributed by atoms with Crippen LogP contribution in [0.15, 0.2) is 24.4 Å². The zero-order chi connectivity index (χ0) is 14.5. The van der Waals surface area contributed by atoms with E-state index in [4.69, 9.17) is 4.74 Å². The van der Waals surface area contributed by atoms with E-state index in [0.29, 0.717) is 6.42 Å². The number of hydrogen-bond acceptors (Lipinski definition) is 2. The molecule has 1 heterocycles. The largest absolute Gasteiger partial charge is 0.491 e. The van der Waals surface area contributed by atoms with Gasteiger partial charge < -0.3 is 9.72 Å². The van der Waals surface area contributed by atoms with Crippen molar-refractivity contribution in [3.05, 3.63) is 30.0 Å². The zero-order valence-corrected chi connectivity index (χ0v) is 12.5. The summed E-state index contributed by atoms with van der Waals surface area (Å²) in [6.07, 6.45) is 5.77. The number of aromatic amines is 1. The Hall–Kier alpha value is -1.77. The molecule has 3 heteroatoms. The second-order valence-corrected chi connectivity index (χ2v) is 5.46. The molecule has 2 aromatic rings.